The lowest BCUT2D eigenvalue weighted by Gasteiger charge is -2.34. The van der Waals surface area contributed by atoms with Gasteiger partial charge in [0.25, 0.3) is 0 Å². The molecule has 0 saturated heterocycles. The zero-order valence-corrected chi connectivity index (χ0v) is 10.4. The van der Waals surface area contributed by atoms with Gasteiger partial charge in [0.15, 0.2) is 11.5 Å². The van der Waals surface area contributed by atoms with Gasteiger partial charge in [0.1, 0.15) is 11.9 Å². The standard InChI is InChI=1S/C15H16O3/c1-3-15-8-7-10(16)9-13(15)18-14-11(15)5-4-6-12(14)17-2/h3-6,13H,1,7-9H2,2H3/t13-,15-/m0/s1. The highest BCUT2D eigenvalue weighted by Crippen LogP contribution is 2.53. The molecular formula is C15H16O3. The van der Waals surface area contributed by atoms with Crippen LogP contribution in [-0.2, 0) is 10.2 Å². The third-order valence-corrected chi connectivity index (χ3v) is 4.13. The first-order valence-electron chi connectivity index (χ1n) is 6.20. The van der Waals surface area contributed by atoms with Crippen LogP contribution in [0.25, 0.3) is 0 Å². The van der Waals surface area contributed by atoms with Crippen molar-refractivity contribution in [3.05, 3.63) is 36.4 Å². The van der Waals surface area contributed by atoms with Crippen LogP contribution >= 0.6 is 0 Å². The summed E-state index contributed by atoms with van der Waals surface area (Å²) >= 11 is 0. The lowest BCUT2D eigenvalue weighted by molar-refractivity contribution is -0.123. The third-order valence-electron chi connectivity index (χ3n) is 4.13. The number of carbonyl (C=O) groups is 1. The number of fused-ring (bicyclic) bond motifs is 3. The van der Waals surface area contributed by atoms with Crippen LogP contribution < -0.4 is 9.47 Å². The highest BCUT2D eigenvalue weighted by Gasteiger charge is 2.50. The van der Waals surface area contributed by atoms with Crippen LogP contribution in [0.1, 0.15) is 24.8 Å². The van der Waals surface area contributed by atoms with Crippen molar-refractivity contribution in [3.63, 3.8) is 0 Å². The molecule has 1 fully saturated rings. The Morgan fingerprint density at radius 3 is 3.11 bits per heavy atom. The third kappa shape index (κ3) is 1.33. The first-order valence-corrected chi connectivity index (χ1v) is 6.20. The molecule has 3 rings (SSSR count). The van der Waals surface area contributed by atoms with Crippen molar-refractivity contribution in [1.82, 2.24) is 0 Å². The molecule has 1 aromatic carbocycles. The number of carbonyl (C=O) groups excluding carboxylic acids is 1. The molecule has 0 aromatic heterocycles. The van der Waals surface area contributed by atoms with E-state index in [1.165, 1.54) is 0 Å². The van der Waals surface area contributed by atoms with Crippen molar-refractivity contribution in [2.75, 3.05) is 7.11 Å². The molecular weight excluding hydrogens is 228 g/mol. The molecule has 0 N–H and O–H groups in total. The number of ether oxygens (including phenoxy) is 2. The normalized spacial score (nSPS) is 29.2. The van der Waals surface area contributed by atoms with Gasteiger partial charge in [0.2, 0.25) is 0 Å². The molecule has 0 unspecified atom stereocenters. The summed E-state index contributed by atoms with van der Waals surface area (Å²) < 4.78 is 11.3. The van der Waals surface area contributed by atoms with Crippen LogP contribution in [-0.4, -0.2) is 19.0 Å². The second-order valence-corrected chi connectivity index (χ2v) is 4.93. The summed E-state index contributed by atoms with van der Waals surface area (Å²) in [5.74, 6) is 1.78. The summed E-state index contributed by atoms with van der Waals surface area (Å²) in [5, 5.41) is 0. The van der Waals surface area contributed by atoms with Crippen molar-refractivity contribution in [2.45, 2.75) is 30.8 Å². The van der Waals surface area contributed by atoms with Gasteiger partial charge in [-0.2, -0.15) is 0 Å². The van der Waals surface area contributed by atoms with Crippen molar-refractivity contribution in [1.29, 1.82) is 0 Å². The summed E-state index contributed by atoms with van der Waals surface area (Å²) in [5.41, 5.74) is 0.881. The smallest absolute Gasteiger partial charge is 0.165 e. The van der Waals surface area contributed by atoms with Gasteiger partial charge in [-0.3, -0.25) is 4.79 Å². The van der Waals surface area contributed by atoms with E-state index in [1.54, 1.807) is 7.11 Å². The number of rotatable bonds is 2. The van der Waals surface area contributed by atoms with Crippen molar-refractivity contribution < 1.29 is 14.3 Å². The molecule has 3 heteroatoms. The highest BCUT2D eigenvalue weighted by atomic mass is 16.5. The van der Waals surface area contributed by atoms with Crippen LogP contribution in [0.15, 0.2) is 30.9 Å². The second kappa shape index (κ2) is 3.87. The molecule has 1 aliphatic carbocycles. The monoisotopic (exact) mass is 244 g/mol. The molecule has 18 heavy (non-hydrogen) atoms. The maximum atomic E-state index is 11.6. The van der Waals surface area contributed by atoms with Gasteiger partial charge in [0, 0.05) is 18.4 Å². The quantitative estimate of drug-likeness (QED) is 0.750. The summed E-state index contributed by atoms with van der Waals surface area (Å²) in [7, 11) is 1.63. The highest BCUT2D eigenvalue weighted by molar-refractivity contribution is 5.81. The maximum Gasteiger partial charge on any atom is 0.165 e. The Labute approximate surface area is 106 Å². The van der Waals surface area contributed by atoms with Gasteiger partial charge in [-0.1, -0.05) is 18.2 Å². The summed E-state index contributed by atoms with van der Waals surface area (Å²) in [6, 6.07) is 5.90. The fraction of sp³-hybridized carbons (Fsp3) is 0.400. The van der Waals surface area contributed by atoms with Crippen LogP contribution in [0.5, 0.6) is 11.5 Å². The van der Waals surface area contributed by atoms with Crippen molar-refractivity contribution in [2.24, 2.45) is 0 Å². The van der Waals surface area contributed by atoms with Crippen LogP contribution in [0.2, 0.25) is 0 Å². The van der Waals surface area contributed by atoms with E-state index in [2.05, 4.69) is 12.6 Å². The molecule has 1 heterocycles. The minimum atomic E-state index is -0.224. The van der Waals surface area contributed by atoms with Crippen molar-refractivity contribution >= 4 is 5.78 Å². The second-order valence-electron chi connectivity index (χ2n) is 4.93. The lowest BCUT2D eigenvalue weighted by atomic mass is 9.68. The first-order chi connectivity index (χ1) is 8.71. The molecule has 94 valence electrons. The largest absolute Gasteiger partial charge is 0.493 e. The molecule has 0 spiro atoms. The molecule has 0 radical (unpaired) electrons. The molecule has 0 bridgehead atoms. The Bertz CT molecular complexity index is 520. The molecule has 1 aromatic rings. The van der Waals surface area contributed by atoms with E-state index in [0.29, 0.717) is 12.8 Å². The van der Waals surface area contributed by atoms with Crippen LogP contribution in [0.3, 0.4) is 0 Å². The van der Waals surface area contributed by atoms with Gasteiger partial charge in [-0.05, 0) is 12.5 Å². The number of hydrogen-bond acceptors (Lipinski definition) is 3. The molecule has 2 aliphatic rings. The molecule has 1 aliphatic heterocycles. The molecule has 1 saturated carbocycles. The summed E-state index contributed by atoms with van der Waals surface area (Å²) in [4.78, 5) is 11.6. The molecule has 2 atom stereocenters. The van der Waals surface area contributed by atoms with E-state index < -0.39 is 0 Å². The van der Waals surface area contributed by atoms with Gasteiger partial charge < -0.3 is 9.47 Å². The number of benzene rings is 1. The van der Waals surface area contributed by atoms with E-state index >= 15 is 0 Å². The Morgan fingerprint density at radius 2 is 2.39 bits per heavy atom. The van der Waals surface area contributed by atoms with Gasteiger partial charge in [-0.25, -0.2) is 0 Å². The van der Waals surface area contributed by atoms with E-state index in [0.717, 1.165) is 23.5 Å². The lowest BCUT2D eigenvalue weighted by Crippen LogP contribution is -2.42. The van der Waals surface area contributed by atoms with E-state index in [4.69, 9.17) is 9.47 Å². The summed E-state index contributed by atoms with van der Waals surface area (Å²) in [6.07, 6.45) is 3.66. The average Bonchev–Trinajstić information content (AvgIpc) is 2.72. The zero-order valence-electron chi connectivity index (χ0n) is 10.4. The van der Waals surface area contributed by atoms with Gasteiger partial charge in [-0.15, -0.1) is 6.58 Å². The fourth-order valence-corrected chi connectivity index (χ4v) is 3.10. The van der Waals surface area contributed by atoms with Crippen molar-refractivity contribution in [3.8, 4) is 11.5 Å². The Balaban J connectivity index is 2.14. The number of ketones is 1. The minimum absolute atomic E-state index is 0.123. The number of para-hydroxylation sites is 1. The first kappa shape index (κ1) is 11.3. The molecule has 0 amide bonds. The van der Waals surface area contributed by atoms with Crippen LogP contribution in [0, 0.1) is 0 Å². The Morgan fingerprint density at radius 1 is 1.56 bits per heavy atom. The summed E-state index contributed by atoms with van der Waals surface area (Å²) in [6.45, 7) is 3.97. The van der Waals surface area contributed by atoms with E-state index in [1.807, 2.05) is 18.2 Å². The average molecular weight is 244 g/mol. The van der Waals surface area contributed by atoms with Crippen LogP contribution in [0.4, 0.5) is 0 Å². The number of Topliss-reactive ketones (excluding diaryl/α,β-unsaturated/α-hetero) is 1. The Hall–Kier alpha value is -1.77. The minimum Gasteiger partial charge on any atom is -0.493 e. The van der Waals surface area contributed by atoms with Gasteiger partial charge >= 0.3 is 0 Å². The Kier molecular flexibility index (Phi) is 2.44. The maximum absolute atomic E-state index is 11.6. The predicted octanol–water partition coefficient (Wildman–Crippen LogP) is 2.63. The predicted molar refractivity (Wildman–Crippen MR) is 68.1 cm³/mol. The fourth-order valence-electron chi connectivity index (χ4n) is 3.10. The molecule has 3 nitrogen and oxygen atoms in total. The SMILES string of the molecule is C=C[C@@]12CCC(=O)C[C@@H]1Oc1c(OC)cccc12. The van der Waals surface area contributed by atoms with E-state index in [9.17, 15) is 4.79 Å². The zero-order chi connectivity index (χ0) is 12.8. The number of methoxy groups -OCH3 is 1. The van der Waals surface area contributed by atoms with Gasteiger partial charge in [0.05, 0.1) is 12.5 Å². The topological polar surface area (TPSA) is 35.5 Å². The number of hydrogen-bond donors (Lipinski definition) is 0. The van der Waals surface area contributed by atoms with E-state index in [-0.39, 0.29) is 17.3 Å².